The van der Waals surface area contributed by atoms with Crippen molar-refractivity contribution in [2.75, 3.05) is 6.54 Å². The van der Waals surface area contributed by atoms with Gasteiger partial charge in [-0.05, 0) is 0 Å². The first kappa shape index (κ1) is 11.1. The minimum absolute atomic E-state index is 0.0185. The molecule has 0 spiro atoms. The van der Waals surface area contributed by atoms with Crippen molar-refractivity contribution in [1.82, 2.24) is 4.67 Å². The maximum absolute atomic E-state index is 10.5. The standard InChI is InChI=1S/C4H8NO6P/c1-3(6)5(2-4(7)8)12(9,10)11/h2H2,1H3,(H,7,8)(H2,9,10,11). The topological polar surface area (TPSA) is 115 Å². The molecule has 0 aromatic rings. The molecule has 0 rings (SSSR count). The van der Waals surface area contributed by atoms with Gasteiger partial charge in [0.05, 0.1) is 0 Å². The molecule has 0 saturated carbocycles. The lowest BCUT2D eigenvalue weighted by Gasteiger charge is -2.18. The van der Waals surface area contributed by atoms with Crippen molar-refractivity contribution in [3.05, 3.63) is 0 Å². The molecule has 0 aliphatic rings. The third-order valence-corrected chi connectivity index (χ3v) is 2.02. The summed E-state index contributed by atoms with van der Waals surface area (Å²) >= 11 is 0. The highest BCUT2D eigenvalue weighted by atomic mass is 31.2. The monoisotopic (exact) mass is 197 g/mol. The number of hydrogen-bond acceptors (Lipinski definition) is 3. The molecule has 0 saturated heterocycles. The van der Waals surface area contributed by atoms with Crippen LogP contribution in [0.3, 0.4) is 0 Å². The van der Waals surface area contributed by atoms with Gasteiger partial charge in [0.1, 0.15) is 6.54 Å². The maximum atomic E-state index is 10.5. The molecule has 0 atom stereocenters. The largest absolute Gasteiger partial charge is 0.480 e. The van der Waals surface area contributed by atoms with E-state index in [0.29, 0.717) is 0 Å². The number of hydrogen-bond donors (Lipinski definition) is 3. The molecule has 0 aliphatic heterocycles. The number of carboxylic acid groups (broad SMARTS) is 1. The van der Waals surface area contributed by atoms with E-state index in [4.69, 9.17) is 14.9 Å². The van der Waals surface area contributed by atoms with Crippen LogP contribution in [-0.4, -0.2) is 38.0 Å². The smallest absolute Gasteiger partial charge is 0.432 e. The van der Waals surface area contributed by atoms with Crippen molar-refractivity contribution in [2.45, 2.75) is 6.92 Å². The van der Waals surface area contributed by atoms with E-state index in [-0.39, 0.29) is 4.67 Å². The zero-order chi connectivity index (χ0) is 9.94. The quantitative estimate of drug-likeness (QED) is 0.500. The molecule has 0 aromatic carbocycles. The summed E-state index contributed by atoms with van der Waals surface area (Å²) in [6.07, 6.45) is 0. The van der Waals surface area contributed by atoms with Crippen molar-refractivity contribution in [3.63, 3.8) is 0 Å². The van der Waals surface area contributed by atoms with Crippen LogP contribution in [0.25, 0.3) is 0 Å². The van der Waals surface area contributed by atoms with Crippen LogP contribution in [0.2, 0.25) is 0 Å². The Bertz CT molecular complexity index is 244. The Labute approximate surface area is 67.8 Å². The summed E-state index contributed by atoms with van der Waals surface area (Å²) in [7, 11) is -4.78. The molecule has 0 aliphatic carbocycles. The molecule has 70 valence electrons. The molecule has 0 heterocycles. The van der Waals surface area contributed by atoms with E-state index in [0.717, 1.165) is 6.92 Å². The van der Waals surface area contributed by atoms with Gasteiger partial charge in [-0.1, -0.05) is 0 Å². The normalized spacial score (nSPS) is 10.9. The number of carbonyl (C=O) groups excluding carboxylic acids is 1. The lowest BCUT2D eigenvalue weighted by atomic mass is 10.6. The molecule has 3 N–H and O–H groups in total. The molecule has 0 radical (unpaired) electrons. The first-order valence-electron chi connectivity index (χ1n) is 2.81. The highest BCUT2D eigenvalue weighted by Gasteiger charge is 2.29. The average Bonchev–Trinajstić information content (AvgIpc) is 1.79. The first-order valence-corrected chi connectivity index (χ1v) is 4.37. The average molecular weight is 197 g/mol. The predicted octanol–water partition coefficient (Wildman–Crippen LogP) is -0.988. The van der Waals surface area contributed by atoms with Crippen LogP contribution in [0.4, 0.5) is 0 Å². The van der Waals surface area contributed by atoms with Crippen molar-refractivity contribution >= 4 is 19.6 Å². The fourth-order valence-corrected chi connectivity index (χ4v) is 1.19. The number of rotatable bonds is 3. The highest BCUT2D eigenvalue weighted by Crippen LogP contribution is 2.39. The summed E-state index contributed by atoms with van der Waals surface area (Å²) < 4.78 is 10.4. The second-order valence-corrected chi connectivity index (χ2v) is 3.49. The predicted molar refractivity (Wildman–Crippen MR) is 37.1 cm³/mol. The van der Waals surface area contributed by atoms with Crippen LogP contribution < -0.4 is 0 Å². The van der Waals surface area contributed by atoms with E-state index in [1.54, 1.807) is 0 Å². The summed E-state index contributed by atoms with van der Waals surface area (Å²) in [4.78, 5) is 37.4. The van der Waals surface area contributed by atoms with E-state index in [1.807, 2.05) is 0 Å². The Morgan fingerprint density at radius 2 is 1.83 bits per heavy atom. The summed E-state index contributed by atoms with van der Waals surface area (Å²) in [5, 5.41) is 8.16. The highest BCUT2D eigenvalue weighted by molar-refractivity contribution is 7.50. The Hall–Kier alpha value is -0.910. The van der Waals surface area contributed by atoms with Crippen LogP contribution in [-0.2, 0) is 14.2 Å². The van der Waals surface area contributed by atoms with Crippen molar-refractivity contribution < 1.29 is 29.0 Å². The lowest BCUT2D eigenvalue weighted by Crippen LogP contribution is -2.30. The number of aliphatic carboxylic acids is 1. The van der Waals surface area contributed by atoms with Crippen LogP contribution in [0.5, 0.6) is 0 Å². The van der Waals surface area contributed by atoms with E-state index < -0.39 is 26.2 Å². The lowest BCUT2D eigenvalue weighted by molar-refractivity contribution is -0.141. The second-order valence-electron chi connectivity index (χ2n) is 1.98. The van der Waals surface area contributed by atoms with Crippen LogP contribution >= 0.6 is 7.75 Å². The van der Waals surface area contributed by atoms with Gasteiger partial charge in [0.25, 0.3) is 0 Å². The second kappa shape index (κ2) is 3.66. The zero-order valence-electron chi connectivity index (χ0n) is 6.17. The number of nitrogens with zero attached hydrogens (tertiary/aromatic N) is 1. The van der Waals surface area contributed by atoms with E-state index in [9.17, 15) is 14.2 Å². The molecule has 0 aromatic heterocycles. The molecule has 0 bridgehead atoms. The maximum Gasteiger partial charge on any atom is 0.432 e. The van der Waals surface area contributed by atoms with Gasteiger partial charge in [-0.15, -0.1) is 0 Å². The van der Waals surface area contributed by atoms with Crippen molar-refractivity contribution in [1.29, 1.82) is 0 Å². The minimum atomic E-state index is -4.78. The van der Waals surface area contributed by atoms with Crippen molar-refractivity contribution in [2.24, 2.45) is 0 Å². The SMILES string of the molecule is CC(=O)N(CC(=O)O)P(=O)(O)O. The Morgan fingerprint density at radius 3 is 1.92 bits per heavy atom. The fourth-order valence-electron chi connectivity index (χ4n) is 0.515. The Kier molecular flexibility index (Phi) is 3.38. The number of carboxylic acids is 1. The van der Waals surface area contributed by atoms with Crippen LogP contribution in [0.15, 0.2) is 0 Å². The Morgan fingerprint density at radius 1 is 1.42 bits per heavy atom. The van der Waals surface area contributed by atoms with Gasteiger partial charge in [-0.3, -0.25) is 9.59 Å². The summed E-state index contributed by atoms with van der Waals surface area (Å²) in [6.45, 7) is -0.123. The Balaban J connectivity index is 4.58. The fraction of sp³-hybridized carbons (Fsp3) is 0.500. The van der Waals surface area contributed by atoms with Crippen LogP contribution in [0, 0.1) is 0 Å². The van der Waals surface area contributed by atoms with Crippen LogP contribution in [0.1, 0.15) is 6.92 Å². The molecule has 1 amide bonds. The molecular formula is C4H8NO6P. The van der Waals surface area contributed by atoms with E-state index in [2.05, 4.69) is 0 Å². The van der Waals surface area contributed by atoms with Gasteiger partial charge in [-0.25, -0.2) is 9.24 Å². The molecule has 8 heteroatoms. The first-order chi connectivity index (χ1) is 5.25. The van der Waals surface area contributed by atoms with E-state index in [1.165, 1.54) is 0 Å². The molecule has 7 nitrogen and oxygen atoms in total. The molecular weight excluding hydrogens is 189 g/mol. The molecule has 0 fully saturated rings. The van der Waals surface area contributed by atoms with Gasteiger partial charge >= 0.3 is 13.7 Å². The van der Waals surface area contributed by atoms with Gasteiger partial charge in [0.15, 0.2) is 0 Å². The van der Waals surface area contributed by atoms with Gasteiger partial charge in [-0.2, -0.15) is 0 Å². The minimum Gasteiger partial charge on any atom is -0.480 e. The summed E-state index contributed by atoms with van der Waals surface area (Å²) in [5.41, 5.74) is 0. The number of carbonyl (C=O) groups is 2. The third-order valence-electron chi connectivity index (χ3n) is 0.963. The van der Waals surface area contributed by atoms with Gasteiger partial charge in [0, 0.05) is 6.92 Å². The van der Waals surface area contributed by atoms with Gasteiger partial charge in [0.2, 0.25) is 5.91 Å². The summed E-state index contributed by atoms with van der Waals surface area (Å²) in [6, 6.07) is 0. The van der Waals surface area contributed by atoms with Gasteiger partial charge < -0.3 is 14.9 Å². The van der Waals surface area contributed by atoms with Crippen molar-refractivity contribution in [3.8, 4) is 0 Å². The number of amides is 1. The molecule has 0 unspecified atom stereocenters. The summed E-state index contributed by atoms with van der Waals surface area (Å²) in [5.74, 6) is -2.46. The van der Waals surface area contributed by atoms with E-state index >= 15 is 0 Å². The molecule has 12 heavy (non-hydrogen) atoms. The zero-order valence-corrected chi connectivity index (χ0v) is 7.06. The third kappa shape index (κ3) is 3.47.